The number of rotatable bonds is 1. The summed E-state index contributed by atoms with van der Waals surface area (Å²) in [5.41, 5.74) is 0. The van der Waals surface area contributed by atoms with Gasteiger partial charge in [0.25, 0.3) is 0 Å². The van der Waals surface area contributed by atoms with Gasteiger partial charge in [0.1, 0.15) is 0 Å². The van der Waals surface area contributed by atoms with E-state index in [0.717, 1.165) is 25.0 Å². The third kappa shape index (κ3) is 2.44. The molecule has 0 saturated carbocycles. The van der Waals surface area contributed by atoms with Crippen molar-refractivity contribution in [1.29, 1.82) is 0 Å². The summed E-state index contributed by atoms with van der Waals surface area (Å²) >= 11 is 0. The van der Waals surface area contributed by atoms with Gasteiger partial charge in [-0.1, -0.05) is 6.92 Å². The van der Waals surface area contributed by atoms with Crippen molar-refractivity contribution >= 4 is 0 Å². The second-order valence-corrected chi connectivity index (χ2v) is 4.62. The molecule has 1 radical (unpaired) electrons. The summed E-state index contributed by atoms with van der Waals surface area (Å²) < 4.78 is 0. The van der Waals surface area contributed by atoms with E-state index < -0.39 is 0 Å². The molecule has 0 spiro atoms. The first-order valence-corrected chi connectivity index (χ1v) is 5.73. The molecule has 0 aromatic carbocycles. The summed E-state index contributed by atoms with van der Waals surface area (Å²) in [4.78, 5) is 2.70. The van der Waals surface area contributed by atoms with Crippen LogP contribution >= 0.6 is 0 Å². The molecule has 0 bridgehead atoms. The van der Waals surface area contributed by atoms with E-state index in [1.165, 1.54) is 38.8 Å². The van der Waals surface area contributed by atoms with Gasteiger partial charge in [-0.05, 0) is 44.7 Å². The summed E-state index contributed by atoms with van der Waals surface area (Å²) in [6, 6.07) is 0.866. The molecule has 0 aromatic heterocycles. The molecule has 2 fully saturated rings. The summed E-state index contributed by atoms with van der Waals surface area (Å²) in [5, 5.41) is 4.41. The summed E-state index contributed by atoms with van der Waals surface area (Å²) in [7, 11) is 0. The van der Waals surface area contributed by atoms with Gasteiger partial charge in [0, 0.05) is 19.1 Å². The lowest BCUT2D eigenvalue weighted by Gasteiger charge is -2.38. The Hall–Kier alpha value is -0.0800. The van der Waals surface area contributed by atoms with Crippen molar-refractivity contribution in [2.75, 3.05) is 26.2 Å². The Kier molecular flexibility index (Phi) is 3.23. The number of piperidine rings is 2. The largest absolute Gasteiger partial charge is 0.300 e. The Morgan fingerprint density at radius 1 is 1.00 bits per heavy atom. The second kappa shape index (κ2) is 4.43. The van der Waals surface area contributed by atoms with E-state index in [0.29, 0.717) is 0 Å². The van der Waals surface area contributed by atoms with Crippen LogP contribution in [0.4, 0.5) is 0 Å². The first kappa shape index (κ1) is 9.47. The lowest BCUT2D eigenvalue weighted by Crippen LogP contribution is -2.45. The number of likely N-dealkylation sites (tertiary alicyclic amines) is 1. The van der Waals surface area contributed by atoms with Crippen LogP contribution in [0.5, 0.6) is 0 Å². The highest BCUT2D eigenvalue weighted by Gasteiger charge is 2.24. The molecule has 0 atom stereocenters. The Morgan fingerprint density at radius 3 is 2.23 bits per heavy atom. The van der Waals surface area contributed by atoms with E-state index in [1.807, 2.05) is 0 Å². The fraction of sp³-hybridized carbons (Fsp3) is 1.00. The lowest BCUT2D eigenvalue weighted by molar-refractivity contribution is 0.115. The van der Waals surface area contributed by atoms with Gasteiger partial charge >= 0.3 is 0 Å². The average Bonchev–Trinajstić information content (AvgIpc) is 2.20. The number of hydrogen-bond donors (Lipinski definition) is 0. The van der Waals surface area contributed by atoms with Crippen molar-refractivity contribution in [2.24, 2.45) is 5.92 Å². The van der Waals surface area contributed by atoms with Gasteiger partial charge in [0.2, 0.25) is 0 Å². The molecule has 2 nitrogen and oxygen atoms in total. The van der Waals surface area contributed by atoms with Crippen LogP contribution in [-0.4, -0.2) is 37.1 Å². The van der Waals surface area contributed by atoms with E-state index in [4.69, 9.17) is 0 Å². The number of nitrogens with zero attached hydrogens (tertiary/aromatic N) is 2. The van der Waals surface area contributed by atoms with Gasteiger partial charge < -0.3 is 4.90 Å². The molecule has 0 aromatic rings. The van der Waals surface area contributed by atoms with E-state index in [1.54, 1.807) is 0 Å². The van der Waals surface area contributed by atoms with Crippen molar-refractivity contribution in [3.63, 3.8) is 0 Å². The van der Waals surface area contributed by atoms with Crippen LogP contribution in [0.25, 0.3) is 0 Å². The van der Waals surface area contributed by atoms with Crippen LogP contribution in [0.1, 0.15) is 32.6 Å². The number of hydrogen-bond acceptors (Lipinski definition) is 1. The van der Waals surface area contributed by atoms with Crippen molar-refractivity contribution in [3.05, 3.63) is 0 Å². The molecule has 2 aliphatic heterocycles. The monoisotopic (exact) mass is 181 g/mol. The molecule has 0 amide bonds. The quantitative estimate of drug-likeness (QED) is 0.599. The smallest absolute Gasteiger partial charge is 0.0148 e. The van der Waals surface area contributed by atoms with Crippen molar-refractivity contribution in [2.45, 2.75) is 38.6 Å². The fourth-order valence-electron chi connectivity index (χ4n) is 2.50. The van der Waals surface area contributed by atoms with Gasteiger partial charge in [-0.15, -0.1) is 0 Å². The molecule has 2 aliphatic rings. The summed E-state index contributed by atoms with van der Waals surface area (Å²) in [6.07, 6.45) is 5.45. The summed E-state index contributed by atoms with van der Waals surface area (Å²) in [5.74, 6) is 0.963. The first-order valence-electron chi connectivity index (χ1n) is 5.73. The van der Waals surface area contributed by atoms with Gasteiger partial charge in [0.15, 0.2) is 0 Å². The van der Waals surface area contributed by atoms with Gasteiger partial charge in [-0.2, -0.15) is 0 Å². The van der Waals surface area contributed by atoms with Gasteiger partial charge in [-0.3, -0.25) is 0 Å². The molecule has 0 unspecified atom stereocenters. The minimum atomic E-state index is 0.866. The molecule has 0 aliphatic carbocycles. The summed E-state index contributed by atoms with van der Waals surface area (Å²) in [6.45, 7) is 7.28. The molecular formula is C11H21N2. The lowest BCUT2D eigenvalue weighted by atomic mass is 9.95. The normalized spacial score (nSPS) is 29.3. The molecule has 2 heterocycles. The Balaban J connectivity index is 1.79. The highest BCUT2D eigenvalue weighted by molar-refractivity contribution is 4.80. The third-order valence-corrected chi connectivity index (χ3v) is 3.58. The topological polar surface area (TPSA) is 17.3 Å². The van der Waals surface area contributed by atoms with E-state index in [-0.39, 0.29) is 0 Å². The van der Waals surface area contributed by atoms with Crippen molar-refractivity contribution in [3.8, 4) is 0 Å². The van der Waals surface area contributed by atoms with Gasteiger partial charge in [-0.25, -0.2) is 5.32 Å². The van der Waals surface area contributed by atoms with Crippen LogP contribution in [0.15, 0.2) is 0 Å². The minimum Gasteiger partial charge on any atom is -0.300 e. The molecule has 2 heteroatoms. The first-order chi connectivity index (χ1) is 6.36. The third-order valence-electron chi connectivity index (χ3n) is 3.58. The standard InChI is InChI=1S/C11H21N2/c1-10-4-8-13(9-5-10)11-2-6-12-7-3-11/h10-11H,2-9H2,1H3. The van der Waals surface area contributed by atoms with E-state index in [2.05, 4.69) is 17.1 Å². The van der Waals surface area contributed by atoms with Gasteiger partial charge in [0.05, 0.1) is 0 Å². The molecule has 0 N–H and O–H groups in total. The zero-order chi connectivity index (χ0) is 9.10. The van der Waals surface area contributed by atoms with Crippen LogP contribution in [0, 0.1) is 5.92 Å². The Morgan fingerprint density at radius 2 is 1.62 bits per heavy atom. The molecular weight excluding hydrogens is 160 g/mol. The fourth-order valence-corrected chi connectivity index (χ4v) is 2.50. The Bertz CT molecular complexity index is 144. The van der Waals surface area contributed by atoms with Crippen LogP contribution in [-0.2, 0) is 0 Å². The highest BCUT2D eigenvalue weighted by atomic mass is 15.2. The molecule has 2 rings (SSSR count). The maximum absolute atomic E-state index is 4.41. The predicted molar refractivity (Wildman–Crippen MR) is 54.9 cm³/mol. The minimum absolute atomic E-state index is 0.866. The maximum atomic E-state index is 4.41. The average molecular weight is 181 g/mol. The van der Waals surface area contributed by atoms with Crippen molar-refractivity contribution < 1.29 is 0 Å². The van der Waals surface area contributed by atoms with Crippen LogP contribution in [0.3, 0.4) is 0 Å². The van der Waals surface area contributed by atoms with E-state index >= 15 is 0 Å². The molecule has 75 valence electrons. The predicted octanol–water partition coefficient (Wildman–Crippen LogP) is 1.49. The van der Waals surface area contributed by atoms with Crippen LogP contribution < -0.4 is 5.32 Å². The maximum Gasteiger partial charge on any atom is 0.0148 e. The Labute approximate surface area is 81.7 Å². The second-order valence-electron chi connectivity index (χ2n) is 4.62. The SMILES string of the molecule is CC1CCN(C2CC[N]CC2)CC1. The highest BCUT2D eigenvalue weighted by Crippen LogP contribution is 2.21. The van der Waals surface area contributed by atoms with E-state index in [9.17, 15) is 0 Å². The zero-order valence-electron chi connectivity index (χ0n) is 8.71. The van der Waals surface area contributed by atoms with Crippen LogP contribution in [0.2, 0.25) is 0 Å². The zero-order valence-corrected chi connectivity index (χ0v) is 8.71. The molecule has 13 heavy (non-hydrogen) atoms. The molecule has 2 saturated heterocycles. The van der Waals surface area contributed by atoms with Crippen molar-refractivity contribution in [1.82, 2.24) is 10.2 Å².